The van der Waals surface area contributed by atoms with E-state index in [1.54, 1.807) is 12.1 Å². The van der Waals surface area contributed by atoms with Gasteiger partial charge in [0, 0.05) is 0 Å². The molecule has 5 heteroatoms. The van der Waals surface area contributed by atoms with Gasteiger partial charge in [-0.25, -0.2) is 12.8 Å². The lowest BCUT2D eigenvalue weighted by Crippen LogP contribution is -2.31. The first kappa shape index (κ1) is 16.2. The lowest BCUT2D eigenvalue weighted by molar-refractivity contribution is 0.591. The summed E-state index contributed by atoms with van der Waals surface area (Å²) in [4.78, 5) is 0.0512. The van der Waals surface area contributed by atoms with E-state index in [9.17, 15) is 12.8 Å². The van der Waals surface area contributed by atoms with Crippen molar-refractivity contribution < 1.29 is 12.8 Å². The standard InChI is InChI=1S/C17H18FNO2S/c1-3-13-19(16-9-5-14(4-2)6-10-16)22(20,21)17-11-7-15(18)8-12-17/h3,5-12H,1,4,13H2,2H3. The first-order valence-corrected chi connectivity index (χ1v) is 8.41. The number of benzene rings is 2. The Labute approximate surface area is 130 Å². The number of nitrogens with zero attached hydrogens (tertiary/aromatic N) is 1. The maximum atomic E-state index is 13.0. The fraction of sp³-hybridized carbons (Fsp3) is 0.176. The highest BCUT2D eigenvalue weighted by Gasteiger charge is 2.23. The molecule has 0 atom stereocenters. The van der Waals surface area contributed by atoms with Crippen LogP contribution in [0.5, 0.6) is 0 Å². The van der Waals surface area contributed by atoms with E-state index in [2.05, 4.69) is 6.58 Å². The van der Waals surface area contributed by atoms with Gasteiger partial charge in [-0.3, -0.25) is 4.31 Å². The number of rotatable bonds is 6. The number of anilines is 1. The van der Waals surface area contributed by atoms with Crippen molar-refractivity contribution in [1.82, 2.24) is 0 Å². The molecule has 0 aliphatic heterocycles. The van der Waals surface area contributed by atoms with Crippen LogP contribution in [0, 0.1) is 5.82 Å². The Hall–Kier alpha value is -2.14. The van der Waals surface area contributed by atoms with E-state index in [1.807, 2.05) is 19.1 Å². The van der Waals surface area contributed by atoms with Gasteiger partial charge >= 0.3 is 0 Å². The van der Waals surface area contributed by atoms with Crippen molar-refractivity contribution in [2.75, 3.05) is 10.8 Å². The summed E-state index contributed by atoms with van der Waals surface area (Å²) >= 11 is 0. The highest BCUT2D eigenvalue weighted by molar-refractivity contribution is 7.92. The Morgan fingerprint density at radius 2 is 1.68 bits per heavy atom. The van der Waals surface area contributed by atoms with E-state index >= 15 is 0 Å². The normalized spacial score (nSPS) is 11.2. The van der Waals surface area contributed by atoms with Gasteiger partial charge in [-0.2, -0.15) is 0 Å². The maximum Gasteiger partial charge on any atom is 0.264 e. The average molecular weight is 319 g/mol. The van der Waals surface area contributed by atoms with Crippen LogP contribution in [-0.4, -0.2) is 15.0 Å². The van der Waals surface area contributed by atoms with Gasteiger partial charge in [0.25, 0.3) is 10.0 Å². The molecule has 2 aromatic rings. The molecule has 3 nitrogen and oxygen atoms in total. The van der Waals surface area contributed by atoms with Crippen LogP contribution >= 0.6 is 0 Å². The van der Waals surface area contributed by atoms with E-state index in [0.717, 1.165) is 24.1 Å². The molecule has 0 aliphatic rings. The lowest BCUT2D eigenvalue weighted by Gasteiger charge is -2.23. The Balaban J connectivity index is 2.45. The molecular weight excluding hydrogens is 301 g/mol. The smallest absolute Gasteiger partial charge is 0.263 e. The van der Waals surface area contributed by atoms with E-state index in [1.165, 1.54) is 22.5 Å². The fourth-order valence-electron chi connectivity index (χ4n) is 2.09. The Morgan fingerprint density at radius 1 is 1.09 bits per heavy atom. The molecule has 0 radical (unpaired) electrons. The summed E-state index contributed by atoms with van der Waals surface area (Å²) in [6.45, 7) is 5.79. The zero-order valence-corrected chi connectivity index (χ0v) is 13.2. The highest BCUT2D eigenvalue weighted by atomic mass is 32.2. The molecule has 0 bridgehead atoms. The molecule has 0 unspecified atom stereocenters. The van der Waals surface area contributed by atoms with Gasteiger partial charge in [0.2, 0.25) is 0 Å². The van der Waals surface area contributed by atoms with Crippen LogP contribution in [0.15, 0.2) is 66.1 Å². The molecule has 116 valence electrons. The van der Waals surface area contributed by atoms with Crippen molar-refractivity contribution in [3.05, 3.63) is 72.6 Å². The molecule has 2 aromatic carbocycles. The molecule has 22 heavy (non-hydrogen) atoms. The van der Waals surface area contributed by atoms with Crippen LogP contribution in [0.1, 0.15) is 12.5 Å². The zero-order chi connectivity index (χ0) is 16.2. The molecule has 0 heterocycles. The molecule has 0 aliphatic carbocycles. The number of sulfonamides is 1. The van der Waals surface area contributed by atoms with Gasteiger partial charge in [-0.1, -0.05) is 25.1 Å². The van der Waals surface area contributed by atoms with Crippen LogP contribution in [0.25, 0.3) is 0 Å². The van der Waals surface area contributed by atoms with E-state index in [4.69, 9.17) is 0 Å². The van der Waals surface area contributed by atoms with Crippen molar-refractivity contribution in [3.8, 4) is 0 Å². The van der Waals surface area contributed by atoms with Gasteiger partial charge in [0.15, 0.2) is 0 Å². The van der Waals surface area contributed by atoms with Gasteiger partial charge in [0.1, 0.15) is 5.82 Å². The third-order valence-corrected chi connectivity index (χ3v) is 5.14. The molecule has 2 rings (SSSR count). The van der Waals surface area contributed by atoms with Crippen molar-refractivity contribution in [3.63, 3.8) is 0 Å². The van der Waals surface area contributed by atoms with Crippen molar-refractivity contribution >= 4 is 15.7 Å². The van der Waals surface area contributed by atoms with Crippen molar-refractivity contribution in [2.24, 2.45) is 0 Å². The first-order chi connectivity index (χ1) is 10.5. The monoisotopic (exact) mass is 319 g/mol. The maximum absolute atomic E-state index is 13.0. The Bertz CT molecular complexity index is 737. The summed E-state index contributed by atoms with van der Waals surface area (Å²) in [6, 6.07) is 12.1. The molecule has 0 fully saturated rings. The minimum Gasteiger partial charge on any atom is -0.263 e. The quantitative estimate of drug-likeness (QED) is 0.760. The second kappa shape index (κ2) is 6.75. The third-order valence-electron chi connectivity index (χ3n) is 3.33. The summed E-state index contributed by atoms with van der Waals surface area (Å²) < 4.78 is 39.8. The number of hydrogen-bond donors (Lipinski definition) is 0. The summed E-state index contributed by atoms with van der Waals surface area (Å²) in [5.74, 6) is -0.471. The second-order valence-electron chi connectivity index (χ2n) is 4.80. The van der Waals surface area contributed by atoms with Gasteiger partial charge in [-0.15, -0.1) is 6.58 Å². The van der Waals surface area contributed by atoms with Gasteiger partial charge in [-0.05, 0) is 48.4 Å². The van der Waals surface area contributed by atoms with Gasteiger partial charge < -0.3 is 0 Å². The van der Waals surface area contributed by atoms with E-state index < -0.39 is 15.8 Å². The van der Waals surface area contributed by atoms with Crippen LogP contribution in [-0.2, 0) is 16.4 Å². The van der Waals surface area contributed by atoms with Crippen LogP contribution in [0.2, 0.25) is 0 Å². The minimum absolute atomic E-state index is 0.0512. The molecule has 0 saturated heterocycles. The highest BCUT2D eigenvalue weighted by Crippen LogP contribution is 2.24. The van der Waals surface area contributed by atoms with Gasteiger partial charge in [0.05, 0.1) is 17.1 Å². The zero-order valence-electron chi connectivity index (χ0n) is 12.4. The Kier molecular flexibility index (Phi) is 4.98. The second-order valence-corrected chi connectivity index (χ2v) is 6.66. The summed E-state index contributed by atoms with van der Waals surface area (Å²) in [7, 11) is -3.76. The predicted octanol–water partition coefficient (Wildman–Crippen LogP) is 3.77. The van der Waals surface area contributed by atoms with Crippen LogP contribution < -0.4 is 4.31 Å². The van der Waals surface area contributed by atoms with E-state index in [-0.39, 0.29) is 11.4 Å². The topological polar surface area (TPSA) is 37.4 Å². The summed E-state index contributed by atoms with van der Waals surface area (Å²) in [5, 5.41) is 0. The molecule has 0 N–H and O–H groups in total. The molecule has 0 amide bonds. The minimum atomic E-state index is -3.76. The molecule has 0 spiro atoms. The molecular formula is C17H18FNO2S. The van der Waals surface area contributed by atoms with E-state index in [0.29, 0.717) is 5.69 Å². The van der Waals surface area contributed by atoms with Crippen LogP contribution in [0.3, 0.4) is 0 Å². The Morgan fingerprint density at radius 3 is 2.18 bits per heavy atom. The number of halogens is 1. The molecule has 0 aromatic heterocycles. The predicted molar refractivity (Wildman–Crippen MR) is 86.9 cm³/mol. The summed E-state index contributed by atoms with van der Waals surface area (Å²) in [5.41, 5.74) is 1.68. The molecule has 0 saturated carbocycles. The van der Waals surface area contributed by atoms with Crippen LogP contribution in [0.4, 0.5) is 10.1 Å². The van der Waals surface area contributed by atoms with Crippen molar-refractivity contribution in [1.29, 1.82) is 0 Å². The summed E-state index contributed by atoms with van der Waals surface area (Å²) in [6.07, 6.45) is 2.40. The number of aryl methyl sites for hydroxylation is 1. The average Bonchev–Trinajstić information content (AvgIpc) is 2.53. The largest absolute Gasteiger partial charge is 0.264 e. The lowest BCUT2D eigenvalue weighted by atomic mass is 10.1. The fourth-order valence-corrected chi connectivity index (χ4v) is 3.53. The number of hydrogen-bond acceptors (Lipinski definition) is 2. The third kappa shape index (κ3) is 3.36. The SMILES string of the molecule is C=CCN(c1ccc(CC)cc1)S(=O)(=O)c1ccc(F)cc1. The first-order valence-electron chi connectivity index (χ1n) is 6.97. The van der Waals surface area contributed by atoms with Crippen molar-refractivity contribution in [2.45, 2.75) is 18.2 Å².